The van der Waals surface area contributed by atoms with Crippen LogP contribution in [0.4, 0.5) is 4.39 Å². The molecule has 0 fully saturated rings. The molecule has 0 amide bonds. The van der Waals surface area contributed by atoms with Crippen molar-refractivity contribution in [2.75, 3.05) is 7.05 Å². The molecule has 1 aromatic carbocycles. The van der Waals surface area contributed by atoms with E-state index in [2.05, 4.69) is 18.0 Å². The highest BCUT2D eigenvalue weighted by molar-refractivity contribution is 5.26. The van der Waals surface area contributed by atoms with Gasteiger partial charge in [-0.1, -0.05) is 25.0 Å². The first kappa shape index (κ1) is 14.9. The van der Waals surface area contributed by atoms with Crippen LogP contribution in [-0.2, 0) is 0 Å². The van der Waals surface area contributed by atoms with Gasteiger partial charge in [0, 0.05) is 6.04 Å². The first-order valence-electron chi connectivity index (χ1n) is 6.72. The van der Waals surface area contributed by atoms with Crippen LogP contribution in [0.15, 0.2) is 30.9 Å². The molecule has 0 heterocycles. The van der Waals surface area contributed by atoms with Crippen molar-refractivity contribution in [3.8, 4) is 0 Å². The van der Waals surface area contributed by atoms with Crippen molar-refractivity contribution in [3.63, 3.8) is 0 Å². The normalized spacial score (nSPS) is 12.4. The van der Waals surface area contributed by atoms with Crippen LogP contribution in [-0.4, -0.2) is 7.05 Å². The predicted molar refractivity (Wildman–Crippen MR) is 76.2 cm³/mol. The predicted octanol–water partition coefficient (Wildman–Crippen LogP) is 4.53. The highest BCUT2D eigenvalue weighted by Gasteiger charge is 2.10. The Morgan fingerprint density at radius 1 is 1.28 bits per heavy atom. The molecule has 0 aromatic heterocycles. The summed E-state index contributed by atoms with van der Waals surface area (Å²) in [6.07, 6.45) is 7.67. The van der Waals surface area contributed by atoms with Gasteiger partial charge in [0.25, 0.3) is 0 Å². The number of rotatable bonds is 8. The quantitative estimate of drug-likeness (QED) is 0.527. The van der Waals surface area contributed by atoms with Gasteiger partial charge < -0.3 is 5.32 Å². The molecule has 1 aromatic rings. The molecule has 18 heavy (non-hydrogen) atoms. The zero-order chi connectivity index (χ0) is 13.4. The molecule has 0 aliphatic heterocycles. The van der Waals surface area contributed by atoms with Gasteiger partial charge in [0.05, 0.1) is 0 Å². The van der Waals surface area contributed by atoms with Gasteiger partial charge in [0.15, 0.2) is 0 Å². The van der Waals surface area contributed by atoms with Crippen molar-refractivity contribution < 1.29 is 4.39 Å². The third-order valence-corrected chi connectivity index (χ3v) is 3.22. The summed E-state index contributed by atoms with van der Waals surface area (Å²) in [6.45, 7) is 5.66. The molecule has 100 valence electrons. The number of halogens is 1. The first-order chi connectivity index (χ1) is 8.67. The number of benzene rings is 1. The van der Waals surface area contributed by atoms with Gasteiger partial charge in [-0.05, 0) is 56.5 Å². The van der Waals surface area contributed by atoms with Crippen molar-refractivity contribution in [1.29, 1.82) is 0 Å². The Morgan fingerprint density at radius 3 is 2.67 bits per heavy atom. The van der Waals surface area contributed by atoms with E-state index in [-0.39, 0.29) is 11.9 Å². The van der Waals surface area contributed by atoms with E-state index in [4.69, 9.17) is 0 Å². The molecule has 0 radical (unpaired) electrons. The lowest BCUT2D eigenvalue weighted by molar-refractivity contribution is 0.504. The summed E-state index contributed by atoms with van der Waals surface area (Å²) in [4.78, 5) is 0. The number of allylic oxidation sites excluding steroid dienone is 1. The van der Waals surface area contributed by atoms with Crippen molar-refractivity contribution in [2.45, 2.75) is 45.1 Å². The van der Waals surface area contributed by atoms with E-state index in [1.165, 1.54) is 12.8 Å². The molecular weight excluding hydrogens is 225 g/mol. The topological polar surface area (TPSA) is 12.0 Å². The molecule has 0 saturated carbocycles. The Labute approximate surface area is 110 Å². The van der Waals surface area contributed by atoms with Crippen molar-refractivity contribution in [3.05, 3.63) is 47.8 Å². The van der Waals surface area contributed by atoms with E-state index in [1.54, 1.807) is 12.1 Å². The molecular formula is C16H24FN. The zero-order valence-corrected chi connectivity index (χ0v) is 11.5. The fourth-order valence-corrected chi connectivity index (χ4v) is 2.26. The maximum absolute atomic E-state index is 13.4. The summed E-state index contributed by atoms with van der Waals surface area (Å²) < 4.78 is 13.4. The van der Waals surface area contributed by atoms with E-state index in [0.29, 0.717) is 0 Å². The Hall–Kier alpha value is -1.15. The summed E-state index contributed by atoms with van der Waals surface area (Å²) in [6, 6.07) is 5.52. The van der Waals surface area contributed by atoms with E-state index in [1.807, 2.05) is 20.0 Å². The Kier molecular flexibility index (Phi) is 6.66. The molecule has 1 rings (SSSR count). The minimum absolute atomic E-state index is 0.142. The van der Waals surface area contributed by atoms with Gasteiger partial charge in [-0.25, -0.2) is 4.39 Å². The minimum atomic E-state index is -0.142. The fraction of sp³-hybridized carbons (Fsp3) is 0.500. The van der Waals surface area contributed by atoms with Crippen LogP contribution >= 0.6 is 0 Å². The molecule has 2 heteroatoms. The maximum atomic E-state index is 13.4. The van der Waals surface area contributed by atoms with Crippen LogP contribution in [0.3, 0.4) is 0 Å². The van der Waals surface area contributed by atoms with Crippen LogP contribution in [0.2, 0.25) is 0 Å². The number of hydrogen-bond acceptors (Lipinski definition) is 1. The van der Waals surface area contributed by atoms with E-state index < -0.39 is 0 Å². The van der Waals surface area contributed by atoms with Gasteiger partial charge >= 0.3 is 0 Å². The number of nitrogens with one attached hydrogen (secondary N) is 1. The standard InChI is InChI=1S/C16H24FN/c1-4-5-6-7-8-9-16(18-3)14-10-13(2)11-15(17)12-14/h4,10-12,16,18H,1,5-9H2,2-3H3. The zero-order valence-electron chi connectivity index (χ0n) is 11.5. The number of unbranched alkanes of at least 4 members (excludes halogenated alkanes) is 3. The van der Waals surface area contributed by atoms with Gasteiger partial charge in [0.2, 0.25) is 0 Å². The SMILES string of the molecule is C=CCCCCCC(NC)c1cc(C)cc(F)c1. The Balaban J connectivity index is 2.51. The summed E-state index contributed by atoms with van der Waals surface area (Å²) in [5.74, 6) is -0.142. The highest BCUT2D eigenvalue weighted by atomic mass is 19.1. The van der Waals surface area contributed by atoms with Gasteiger partial charge in [0.1, 0.15) is 5.82 Å². The minimum Gasteiger partial charge on any atom is -0.313 e. The monoisotopic (exact) mass is 249 g/mol. The summed E-state index contributed by atoms with van der Waals surface area (Å²) >= 11 is 0. The molecule has 1 nitrogen and oxygen atoms in total. The molecule has 1 unspecified atom stereocenters. The smallest absolute Gasteiger partial charge is 0.123 e. The second-order valence-corrected chi connectivity index (χ2v) is 4.83. The molecule has 0 bridgehead atoms. The van der Waals surface area contributed by atoms with Crippen LogP contribution in [0.25, 0.3) is 0 Å². The second-order valence-electron chi connectivity index (χ2n) is 4.83. The molecule has 0 saturated heterocycles. The second kappa shape index (κ2) is 8.04. The number of aryl methyl sites for hydroxylation is 1. The van der Waals surface area contributed by atoms with Crippen LogP contribution < -0.4 is 5.32 Å². The van der Waals surface area contributed by atoms with Crippen molar-refractivity contribution in [2.24, 2.45) is 0 Å². The van der Waals surface area contributed by atoms with Gasteiger partial charge in [-0.2, -0.15) is 0 Å². The van der Waals surface area contributed by atoms with Crippen molar-refractivity contribution in [1.82, 2.24) is 5.32 Å². The molecule has 1 N–H and O–H groups in total. The van der Waals surface area contributed by atoms with Gasteiger partial charge in [-0.3, -0.25) is 0 Å². The Bertz CT molecular complexity index is 353. The molecule has 1 atom stereocenters. The summed E-state index contributed by atoms with van der Waals surface area (Å²) in [7, 11) is 1.94. The lowest BCUT2D eigenvalue weighted by Crippen LogP contribution is -2.16. The average Bonchev–Trinajstić information content (AvgIpc) is 2.32. The lowest BCUT2D eigenvalue weighted by Gasteiger charge is -2.17. The van der Waals surface area contributed by atoms with E-state index in [0.717, 1.165) is 30.4 Å². The molecule has 0 aliphatic rings. The number of hydrogen-bond donors (Lipinski definition) is 1. The summed E-state index contributed by atoms with van der Waals surface area (Å²) in [5, 5.41) is 3.28. The average molecular weight is 249 g/mol. The van der Waals surface area contributed by atoms with Crippen molar-refractivity contribution >= 4 is 0 Å². The summed E-state index contributed by atoms with van der Waals surface area (Å²) in [5.41, 5.74) is 2.04. The van der Waals surface area contributed by atoms with E-state index >= 15 is 0 Å². The molecule has 0 aliphatic carbocycles. The Morgan fingerprint density at radius 2 is 2.06 bits per heavy atom. The van der Waals surface area contributed by atoms with E-state index in [9.17, 15) is 4.39 Å². The largest absolute Gasteiger partial charge is 0.313 e. The maximum Gasteiger partial charge on any atom is 0.123 e. The van der Waals surface area contributed by atoms with Crippen LogP contribution in [0.5, 0.6) is 0 Å². The third-order valence-electron chi connectivity index (χ3n) is 3.22. The lowest BCUT2D eigenvalue weighted by atomic mass is 9.98. The highest BCUT2D eigenvalue weighted by Crippen LogP contribution is 2.22. The molecule has 0 spiro atoms. The fourth-order valence-electron chi connectivity index (χ4n) is 2.26. The van der Waals surface area contributed by atoms with Crippen LogP contribution in [0.1, 0.15) is 49.3 Å². The third kappa shape index (κ3) is 5.01. The van der Waals surface area contributed by atoms with Crippen LogP contribution in [0, 0.1) is 12.7 Å². The first-order valence-corrected chi connectivity index (χ1v) is 6.72. The van der Waals surface area contributed by atoms with Gasteiger partial charge in [-0.15, -0.1) is 6.58 Å².